The van der Waals surface area contributed by atoms with E-state index in [2.05, 4.69) is 6.92 Å². The summed E-state index contributed by atoms with van der Waals surface area (Å²) in [5, 5.41) is 9.05. The first-order chi connectivity index (χ1) is 5.63. The Labute approximate surface area is 96.6 Å². The van der Waals surface area contributed by atoms with E-state index in [1.165, 1.54) is 0 Å². The number of unbranched alkanes of at least 4 members (excludes halogenated alkanes) is 1. The van der Waals surface area contributed by atoms with Crippen molar-refractivity contribution in [1.82, 2.24) is 0 Å². The van der Waals surface area contributed by atoms with Crippen LogP contribution in [0.25, 0.3) is 0 Å². The van der Waals surface area contributed by atoms with Gasteiger partial charge in [0.15, 0.2) is 0 Å². The molecule has 0 spiro atoms. The Kier molecular flexibility index (Phi) is 9.16. The van der Waals surface area contributed by atoms with Crippen molar-refractivity contribution in [2.45, 2.75) is 52.9 Å². The van der Waals surface area contributed by atoms with E-state index >= 15 is 0 Å². The molecular formula is C10H20AgO2. The quantitative estimate of drug-likeness (QED) is 0.759. The Morgan fingerprint density at radius 1 is 1.23 bits per heavy atom. The summed E-state index contributed by atoms with van der Waals surface area (Å²) >= 11 is 0. The minimum atomic E-state index is -0.624. The molecule has 0 unspecified atom stereocenters. The van der Waals surface area contributed by atoms with E-state index in [9.17, 15) is 4.79 Å². The summed E-state index contributed by atoms with van der Waals surface area (Å²) in [5.41, 5.74) is -0.448. The third-order valence-electron chi connectivity index (χ3n) is 2.82. The molecule has 0 saturated carbocycles. The van der Waals surface area contributed by atoms with Crippen LogP contribution in [0, 0.1) is 5.41 Å². The molecule has 0 aliphatic rings. The fourth-order valence-corrected chi connectivity index (χ4v) is 1.53. The summed E-state index contributed by atoms with van der Waals surface area (Å²) in [5.74, 6) is -0.624. The molecule has 1 N–H and O–H groups in total. The molecule has 3 heteroatoms. The van der Waals surface area contributed by atoms with Crippen LogP contribution in [-0.4, -0.2) is 11.1 Å². The Bertz CT molecular complexity index is 142. The third-order valence-corrected chi connectivity index (χ3v) is 2.82. The van der Waals surface area contributed by atoms with Crippen LogP contribution in [0.4, 0.5) is 0 Å². The standard InChI is InChI=1S/C10H20O2.Ag/c1-4-7-8-10(5-2,6-3)9(11)12;/h4-8H2,1-3H3,(H,11,12);. The van der Waals surface area contributed by atoms with Crippen LogP contribution in [0.1, 0.15) is 52.9 Å². The summed E-state index contributed by atoms with van der Waals surface area (Å²) in [6, 6.07) is 0. The van der Waals surface area contributed by atoms with Crippen molar-refractivity contribution in [2.24, 2.45) is 5.41 Å². The minimum Gasteiger partial charge on any atom is -0.481 e. The molecule has 13 heavy (non-hydrogen) atoms. The third kappa shape index (κ3) is 4.30. The van der Waals surface area contributed by atoms with Gasteiger partial charge in [0.05, 0.1) is 5.41 Å². The van der Waals surface area contributed by atoms with Crippen LogP contribution < -0.4 is 0 Å². The molecule has 2 nitrogen and oxygen atoms in total. The maximum atomic E-state index is 11.0. The molecule has 0 aromatic carbocycles. The van der Waals surface area contributed by atoms with E-state index in [0.717, 1.165) is 32.1 Å². The number of carbonyl (C=O) groups is 1. The Morgan fingerprint density at radius 2 is 1.69 bits per heavy atom. The molecule has 0 aliphatic heterocycles. The van der Waals surface area contributed by atoms with Crippen LogP contribution >= 0.6 is 0 Å². The van der Waals surface area contributed by atoms with Crippen molar-refractivity contribution in [3.8, 4) is 0 Å². The first-order valence-corrected chi connectivity index (χ1v) is 4.86. The summed E-state index contributed by atoms with van der Waals surface area (Å²) in [4.78, 5) is 11.0. The van der Waals surface area contributed by atoms with E-state index in [4.69, 9.17) is 5.11 Å². The molecule has 0 aromatic heterocycles. The Balaban J connectivity index is 0. The molecule has 0 amide bonds. The van der Waals surface area contributed by atoms with E-state index in [1.54, 1.807) is 0 Å². The van der Waals surface area contributed by atoms with Crippen molar-refractivity contribution in [3.63, 3.8) is 0 Å². The van der Waals surface area contributed by atoms with Crippen LogP contribution in [0.3, 0.4) is 0 Å². The predicted molar refractivity (Wildman–Crippen MR) is 50.2 cm³/mol. The topological polar surface area (TPSA) is 37.3 Å². The fraction of sp³-hybridized carbons (Fsp3) is 0.900. The van der Waals surface area contributed by atoms with Gasteiger partial charge in [0.2, 0.25) is 0 Å². The van der Waals surface area contributed by atoms with Gasteiger partial charge in [0.1, 0.15) is 0 Å². The summed E-state index contributed by atoms with van der Waals surface area (Å²) in [6.45, 7) is 6.03. The molecule has 0 heterocycles. The van der Waals surface area contributed by atoms with Crippen LogP contribution in [0.5, 0.6) is 0 Å². The number of carboxylic acid groups (broad SMARTS) is 1. The smallest absolute Gasteiger partial charge is 0.309 e. The molecule has 0 aromatic rings. The fourth-order valence-electron chi connectivity index (χ4n) is 1.53. The van der Waals surface area contributed by atoms with Crippen LogP contribution in [0.15, 0.2) is 0 Å². The molecule has 83 valence electrons. The second-order valence-electron chi connectivity index (χ2n) is 3.40. The van der Waals surface area contributed by atoms with E-state index in [-0.39, 0.29) is 22.4 Å². The molecule has 0 aliphatic carbocycles. The van der Waals surface area contributed by atoms with Crippen molar-refractivity contribution in [2.75, 3.05) is 0 Å². The van der Waals surface area contributed by atoms with Gasteiger partial charge in [0.25, 0.3) is 0 Å². The van der Waals surface area contributed by atoms with E-state index in [1.807, 2.05) is 13.8 Å². The summed E-state index contributed by atoms with van der Waals surface area (Å²) < 4.78 is 0. The molecule has 0 bridgehead atoms. The van der Waals surface area contributed by atoms with Gasteiger partial charge in [-0.1, -0.05) is 33.6 Å². The van der Waals surface area contributed by atoms with E-state index in [0.29, 0.717) is 0 Å². The van der Waals surface area contributed by atoms with Gasteiger partial charge in [-0.05, 0) is 19.3 Å². The number of carboxylic acids is 1. The second kappa shape index (κ2) is 7.60. The monoisotopic (exact) mass is 279 g/mol. The summed E-state index contributed by atoms with van der Waals surface area (Å²) in [7, 11) is 0. The van der Waals surface area contributed by atoms with Crippen molar-refractivity contribution >= 4 is 5.97 Å². The van der Waals surface area contributed by atoms with Crippen molar-refractivity contribution in [3.05, 3.63) is 0 Å². The molecular weight excluding hydrogens is 260 g/mol. The zero-order valence-corrected chi connectivity index (χ0v) is 10.2. The molecule has 0 saturated heterocycles. The second-order valence-corrected chi connectivity index (χ2v) is 3.40. The average Bonchev–Trinajstić information content (AvgIpc) is 2.07. The zero-order chi connectivity index (χ0) is 9.61. The molecule has 1 radical (unpaired) electrons. The van der Waals surface area contributed by atoms with E-state index < -0.39 is 11.4 Å². The summed E-state index contributed by atoms with van der Waals surface area (Å²) in [6.07, 6.45) is 4.42. The van der Waals surface area contributed by atoms with Gasteiger partial charge in [-0.3, -0.25) is 4.79 Å². The normalized spacial score (nSPS) is 10.7. The predicted octanol–water partition coefficient (Wildman–Crippen LogP) is 3.07. The Morgan fingerprint density at radius 3 is 1.92 bits per heavy atom. The maximum absolute atomic E-state index is 11.0. The minimum absolute atomic E-state index is 0. The first kappa shape index (κ1) is 15.7. The molecule has 0 atom stereocenters. The molecule has 0 fully saturated rings. The first-order valence-electron chi connectivity index (χ1n) is 4.86. The number of hydrogen-bond donors (Lipinski definition) is 1. The average molecular weight is 280 g/mol. The van der Waals surface area contributed by atoms with Crippen LogP contribution in [-0.2, 0) is 27.2 Å². The van der Waals surface area contributed by atoms with Crippen molar-refractivity contribution in [1.29, 1.82) is 0 Å². The number of aliphatic carboxylic acids is 1. The maximum Gasteiger partial charge on any atom is 0.309 e. The van der Waals surface area contributed by atoms with Crippen LogP contribution in [0.2, 0.25) is 0 Å². The zero-order valence-electron chi connectivity index (χ0n) is 8.69. The van der Waals surface area contributed by atoms with Gasteiger partial charge in [-0.25, -0.2) is 0 Å². The van der Waals surface area contributed by atoms with Gasteiger partial charge in [-0.2, -0.15) is 0 Å². The largest absolute Gasteiger partial charge is 0.481 e. The number of rotatable bonds is 6. The SMILES string of the molecule is CCCCC(CC)(CC)C(=O)O.[Ag]. The van der Waals surface area contributed by atoms with Crippen molar-refractivity contribution < 1.29 is 32.3 Å². The van der Waals surface area contributed by atoms with Gasteiger partial charge in [-0.15, -0.1) is 0 Å². The van der Waals surface area contributed by atoms with Gasteiger partial charge >= 0.3 is 5.97 Å². The van der Waals surface area contributed by atoms with Gasteiger partial charge in [0, 0.05) is 22.4 Å². The Hall–Kier alpha value is 0.210. The number of hydrogen-bond acceptors (Lipinski definition) is 1. The molecule has 0 rings (SSSR count). The van der Waals surface area contributed by atoms with Gasteiger partial charge < -0.3 is 5.11 Å².